The number of nitrogens with one attached hydrogen (secondary N) is 1. The monoisotopic (exact) mass is 300 g/mol. The fourth-order valence-corrected chi connectivity index (χ4v) is 3.43. The van der Waals surface area contributed by atoms with E-state index in [0.29, 0.717) is 11.1 Å². The molecule has 0 saturated carbocycles. The van der Waals surface area contributed by atoms with Crippen LogP contribution in [0.3, 0.4) is 0 Å². The third-order valence-corrected chi connectivity index (χ3v) is 4.38. The summed E-state index contributed by atoms with van der Waals surface area (Å²) in [6.45, 7) is 3.89. The molecule has 0 amide bonds. The summed E-state index contributed by atoms with van der Waals surface area (Å²) in [7, 11) is -3.33. The van der Waals surface area contributed by atoms with Crippen LogP contribution in [-0.2, 0) is 15.8 Å². The molecule has 1 aromatic carbocycles. The van der Waals surface area contributed by atoms with Gasteiger partial charge in [-0.1, -0.05) is 43.8 Å². The molecule has 0 saturated heterocycles. The maximum atomic E-state index is 12.0. The van der Waals surface area contributed by atoms with E-state index in [1.807, 2.05) is 13.8 Å². The zero-order chi connectivity index (χ0) is 14.5. The summed E-state index contributed by atoms with van der Waals surface area (Å²) in [5.74, 6) is -0.0580. The molecule has 6 heteroatoms. The highest BCUT2D eigenvalue weighted by molar-refractivity contribution is 7.88. The molecule has 0 aromatic heterocycles. The van der Waals surface area contributed by atoms with Gasteiger partial charge in [-0.15, -0.1) is 0 Å². The second kappa shape index (κ2) is 6.98. The first-order valence-corrected chi connectivity index (χ1v) is 8.29. The molecule has 0 fully saturated rings. The first-order valence-electron chi connectivity index (χ1n) is 6.23. The normalized spacial score (nSPS) is 13.2. The second-order valence-electron chi connectivity index (χ2n) is 4.63. The highest BCUT2D eigenvalue weighted by atomic mass is 32.2. The van der Waals surface area contributed by atoms with Crippen molar-refractivity contribution in [3.8, 4) is 0 Å². The van der Waals surface area contributed by atoms with Gasteiger partial charge in [0.05, 0.1) is 5.75 Å². The molecule has 0 aliphatic carbocycles. The molecule has 0 bridgehead atoms. The molecule has 1 aromatic rings. The van der Waals surface area contributed by atoms with Gasteiger partial charge >= 0.3 is 0 Å². The summed E-state index contributed by atoms with van der Waals surface area (Å²) < 4.78 is 26.6. The minimum absolute atomic E-state index is 0.0474. The highest BCUT2D eigenvalue weighted by Crippen LogP contribution is 2.10. The fraction of sp³-hybridized carbons (Fsp3) is 0.462. The summed E-state index contributed by atoms with van der Waals surface area (Å²) in [6.07, 6.45) is 1.77. The molecule has 19 heavy (non-hydrogen) atoms. The Hall–Kier alpha value is -0.980. The Morgan fingerprint density at radius 1 is 1.47 bits per heavy atom. The van der Waals surface area contributed by atoms with Crippen molar-refractivity contribution >= 4 is 27.2 Å². The van der Waals surface area contributed by atoms with Crippen LogP contribution in [0.15, 0.2) is 24.3 Å². The van der Waals surface area contributed by atoms with Crippen LogP contribution < -0.4 is 10.5 Å². The highest BCUT2D eigenvalue weighted by Gasteiger charge is 2.15. The van der Waals surface area contributed by atoms with Gasteiger partial charge < -0.3 is 5.73 Å². The fourth-order valence-electron chi connectivity index (χ4n) is 1.87. The van der Waals surface area contributed by atoms with Crippen LogP contribution in [0.2, 0.25) is 0 Å². The van der Waals surface area contributed by atoms with Gasteiger partial charge in [0.25, 0.3) is 0 Å². The van der Waals surface area contributed by atoms with Gasteiger partial charge in [-0.05, 0) is 25.0 Å². The van der Waals surface area contributed by atoms with Crippen molar-refractivity contribution in [3.05, 3.63) is 35.4 Å². The van der Waals surface area contributed by atoms with E-state index in [1.54, 1.807) is 24.3 Å². The molecule has 0 heterocycles. The average molecular weight is 300 g/mol. The van der Waals surface area contributed by atoms with Crippen molar-refractivity contribution in [1.82, 2.24) is 4.72 Å². The van der Waals surface area contributed by atoms with E-state index in [1.165, 1.54) is 0 Å². The van der Waals surface area contributed by atoms with Crippen molar-refractivity contribution in [2.45, 2.75) is 38.5 Å². The van der Waals surface area contributed by atoms with Crippen molar-refractivity contribution in [3.63, 3.8) is 0 Å². The number of hydrogen-bond donors (Lipinski definition) is 2. The Bertz CT molecular complexity index is 541. The van der Waals surface area contributed by atoms with Crippen molar-refractivity contribution in [2.75, 3.05) is 0 Å². The SMILES string of the molecule is CCCC(C)NS(=O)(=O)Cc1cccc(C(N)=S)c1. The minimum Gasteiger partial charge on any atom is -0.389 e. The number of nitrogens with two attached hydrogens (primary N) is 1. The molecular weight excluding hydrogens is 280 g/mol. The molecule has 4 nitrogen and oxygen atoms in total. The number of thiocarbonyl (C=S) groups is 1. The second-order valence-corrected chi connectivity index (χ2v) is 6.82. The van der Waals surface area contributed by atoms with Gasteiger partial charge in [0.1, 0.15) is 4.99 Å². The van der Waals surface area contributed by atoms with Crippen LogP contribution in [-0.4, -0.2) is 19.4 Å². The van der Waals surface area contributed by atoms with Gasteiger partial charge in [-0.25, -0.2) is 13.1 Å². The predicted molar refractivity (Wildman–Crippen MR) is 82.5 cm³/mol. The van der Waals surface area contributed by atoms with Gasteiger partial charge in [0, 0.05) is 11.6 Å². The molecule has 0 radical (unpaired) electrons. The lowest BCUT2D eigenvalue weighted by molar-refractivity contribution is 0.543. The van der Waals surface area contributed by atoms with E-state index >= 15 is 0 Å². The lowest BCUT2D eigenvalue weighted by Gasteiger charge is -2.13. The average Bonchev–Trinajstić information content (AvgIpc) is 2.27. The third-order valence-electron chi connectivity index (χ3n) is 2.67. The molecule has 0 aliphatic heterocycles. The number of sulfonamides is 1. The third kappa shape index (κ3) is 5.67. The van der Waals surface area contributed by atoms with E-state index in [4.69, 9.17) is 18.0 Å². The molecule has 0 aliphatic rings. The topological polar surface area (TPSA) is 72.2 Å². The summed E-state index contributed by atoms with van der Waals surface area (Å²) in [5, 5.41) is 0. The molecule has 106 valence electrons. The number of benzene rings is 1. The summed E-state index contributed by atoms with van der Waals surface area (Å²) in [4.78, 5) is 0.270. The van der Waals surface area contributed by atoms with Crippen molar-refractivity contribution in [1.29, 1.82) is 0 Å². The van der Waals surface area contributed by atoms with E-state index in [-0.39, 0.29) is 16.8 Å². The van der Waals surface area contributed by atoms with Crippen molar-refractivity contribution < 1.29 is 8.42 Å². The van der Waals surface area contributed by atoms with Crippen molar-refractivity contribution in [2.24, 2.45) is 5.73 Å². The predicted octanol–water partition coefficient (Wildman–Crippen LogP) is 1.93. The van der Waals surface area contributed by atoms with E-state index in [2.05, 4.69) is 4.72 Å². The van der Waals surface area contributed by atoms with Crippen LogP contribution in [0.4, 0.5) is 0 Å². The molecule has 3 N–H and O–H groups in total. The summed E-state index contributed by atoms with van der Waals surface area (Å²) in [5.41, 5.74) is 6.90. The Labute approximate surface area is 120 Å². The largest absolute Gasteiger partial charge is 0.389 e. The van der Waals surface area contributed by atoms with Gasteiger partial charge in [-0.3, -0.25) is 0 Å². The van der Waals surface area contributed by atoms with E-state index in [0.717, 1.165) is 12.8 Å². The smallest absolute Gasteiger partial charge is 0.216 e. The molecule has 1 atom stereocenters. The van der Waals surface area contributed by atoms with E-state index in [9.17, 15) is 8.42 Å². The number of hydrogen-bond acceptors (Lipinski definition) is 3. The maximum absolute atomic E-state index is 12.0. The van der Waals surface area contributed by atoms with Gasteiger partial charge in [-0.2, -0.15) is 0 Å². The van der Waals surface area contributed by atoms with E-state index < -0.39 is 10.0 Å². The first kappa shape index (κ1) is 16.1. The lowest BCUT2D eigenvalue weighted by atomic mass is 10.1. The maximum Gasteiger partial charge on any atom is 0.216 e. The Morgan fingerprint density at radius 3 is 2.74 bits per heavy atom. The first-order chi connectivity index (χ1) is 8.84. The lowest BCUT2D eigenvalue weighted by Crippen LogP contribution is -2.33. The minimum atomic E-state index is -3.33. The van der Waals surface area contributed by atoms with Gasteiger partial charge in [0.15, 0.2) is 0 Å². The summed E-state index contributed by atoms with van der Waals surface area (Å²) >= 11 is 4.88. The van der Waals surface area contributed by atoms with Crippen LogP contribution in [0.5, 0.6) is 0 Å². The molecule has 1 unspecified atom stereocenters. The van der Waals surface area contributed by atoms with Crippen LogP contribution in [0.25, 0.3) is 0 Å². The van der Waals surface area contributed by atoms with Crippen LogP contribution >= 0.6 is 12.2 Å². The number of rotatable bonds is 7. The zero-order valence-corrected chi connectivity index (χ0v) is 12.9. The van der Waals surface area contributed by atoms with Crippen LogP contribution in [0, 0.1) is 0 Å². The van der Waals surface area contributed by atoms with Crippen LogP contribution in [0.1, 0.15) is 37.8 Å². The van der Waals surface area contributed by atoms with Gasteiger partial charge in [0.2, 0.25) is 10.0 Å². The Kier molecular flexibility index (Phi) is 5.90. The quantitative estimate of drug-likeness (QED) is 0.755. The molecule has 1 rings (SSSR count). The summed E-state index contributed by atoms with van der Waals surface area (Å²) in [6, 6.07) is 6.95. The Morgan fingerprint density at radius 2 is 2.16 bits per heavy atom. The molecular formula is C13H20N2O2S2. The zero-order valence-electron chi connectivity index (χ0n) is 11.2. The Balaban J connectivity index is 2.78. The standard InChI is InChI=1S/C13H20N2O2S2/c1-3-5-10(2)15-19(16,17)9-11-6-4-7-12(8-11)13(14)18/h4,6-8,10,15H,3,5,9H2,1-2H3,(H2,14,18). The molecule has 0 spiro atoms.